The first-order valence-corrected chi connectivity index (χ1v) is 9.89. The molecule has 7 nitrogen and oxygen atoms in total. The van der Waals surface area contributed by atoms with Gasteiger partial charge in [0.2, 0.25) is 0 Å². The van der Waals surface area contributed by atoms with Crippen molar-refractivity contribution < 1.29 is 34.4 Å². The highest BCUT2D eigenvalue weighted by Gasteiger charge is 2.32. The molecule has 0 amide bonds. The number of carbonyl (C=O) groups is 2. The first-order valence-electron chi connectivity index (χ1n) is 9.89. The number of Topliss-reactive ketones (excluding diaryl/α,β-unsaturated/α-hetero) is 2. The molecular weight excluding hydrogens is 388 g/mol. The minimum Gasteiger partial charge on any atom is -0.507 e. The Hall–Kier alpha value is -3.22. The zero-order chi connectivity index (χ0) is 22.7. The molecule has 7 heteroatoms. The van der Waals surface area contributed by atoms with Gasteiger partial charge in [0.05, 0.1) is 10.8 Å². The molecule has 2 aromatic carbocycles. The molecule has 0 aliphatic carbocycles. The SMILES string of the molecule is CC[C@H](C)C(=O)c1c(O)c(C)c2oc3c(C)c(O)c(C(=O)C(C)C)c(O)c3c2c1O. The second-order valence-corrected chi connectivity index (χ2v) is 8.10. The maximum atomic E-state index is 12.8. The summed E-state index contributed by atoms with van der Waals surface area (Å²) >= 11 is 0. The number of furan rings is 1. The molecule has 0 radical (unpaired) electrons. The summed E-state index contributed by atoms with van der Waals surface area (Å²) in [5.41, 5.74) is 0.0206. The summed E-state index contributed by atoms with van der Waals surface area (Å²) in [6.45, 7) is 9.82. The lowest BCUT2D eigenvalue weighted by atomic mass is 9.90. The fourth-order valence-corrected chi connectivity index (χ4v) is 3.66. The summed E-state index contributed by atoms with van der Waals surface area (Å²) in [6, 6.07) is 0. The molecule has 4 N–H and O–H groups in total. The van der Waals surface area contributed by atoms with Crippen molar-refractivity contribution in [1.82, 2.24) is 0 Å². The van der Waals surface area contributed by atoms with Crippen LogP contribution in [-0.2, 0) is 0 Å². The number of hydrogen-bond acceptors (Lipinski definition) is 7. The molecule has 0 bridgehead atoms. The molecule has 1 atom stereocenters. The highest BCUT2D eigenvalue weighted by atomic mass is 16.3. The van der Waals surface area contributed by atoms with Crippen LogP contribution >= 0.6 is 0 Å². The lowest BCUT2D eigenvalue weighted by molar-refractivity contribution is 0.0917. The van der Waals surface area contributed by atoms with Gasteiger partial charge in [0.15, 0.2) is 11.6 Å². The Labute approximate surface area is 173 Å². The summed E-state index contributed by atoms with van der Waals surface area (Å²) in [6.07, 6.45) is 0.506. The molecule has 1 heterocycles. The van der Waals surface area contributed by atoms with Gasteiger partial charge in [-0.15, -0.1) is 0 Å². The normalized spacial score (nSPS) is 12.8. The molecule has 0 aliphatic heterocycles. The molecule has 160 valence electrons. The third kappa shape index (κ3) is 2.80. The Morgan fingerprint density at radius 2 is 1.17 bits per heavy atom. The molecule has 0 spiro atoms. The molecule has 1 aromatic heterocycles. The van der Waals surface area contributed by atoms with Crippen molar-refractivity contribution in [1.29, 1.82) is 0 Å². The summed E-state index contributed by atoms with van der Waals surface area (Å²) in [4.78, 5) is 25.5. The van der Waals surface area contributed by atoms with Crippen LogP contribution in [0.25, 0.3) is 21.9 Å². The molecule has 0 saturated carbocycles. The van der Waals surface area contributed by atoms with Crippen LogP contribution in [0.5, 0.6) is 23.0 Å². The summed E-state index contributed by atoms with van der Waals surface area (Å²) in [5, 5.41) is 43.1. The predicted octanol–water partition coefficient (Wildman–Crippen LogP) is 5.09. The maximum Gasteiger partial charge on any atom is 0.173 e. The summed E-state index contributed by atoms with van der Waals surface area (Å²) in [5.74, 6) is -3.74. The van der Waals surface area contributed by atoms with Crippen molar-refractivity contribution in [2.24, 2.45) is 11.8 Å². The summed E-state index contributed by atoms with van der Waals surface area (Å²) < 4.78 is 5.79. The Bertz CT molecular complexity index is 1210. The number of carbonyl (C=O) groups excluding carboxylic acids is 2. The molecule has 0 fully saturated rings. The minimum absolute atomic E-state index is 0.0168. The number of benzene rings is 2. The fourth-order valence-electron chi connectivity index (χ4n) is 3.66. The zero-order valence-electron chi connectivity index (χ0n) is 17.9. The van der Waals surface area contributed by atoms with Gasteiger partial charge in [-0.3, -0.25) is 9.59 Å². The van der Waals surface area contributed by atoms with Gasteiger partial charge in [0, 0.05) is 23.0 Å². The molecule has 0 unspecified atom stereocenters. The van der Waals surface area contributed by atoms with E-state index in [9.17, 15) is 30.0 Å². The summed E-state index contributed by atoms with van der Waals surface area (Å²) in [7, 11) is 0. The van der Waals surface area contributed by atoms with Gasteiger partial charge < -0.3 is 24.8 Å². The Kier molecular flexibility index (Phi) is 5.18. The van der Waals surface area contributed by atoms with Crippen LogP contribution in [0.2, 0.25) is 0 Å². The topological polar surface area (TPSA) is 128 Å². The van der Waals surface area contributed by atoms with E-state index in [1.54, 1.807) is 20.8 Å². The van der Waals surface area contributed by atoms with E-state index in [1.165, 1.54) is 13.8 Å². The minimum atomic E-state index is -0.534. The van der Waals surface area contributed by atoms with Crippen LogP contribution in [-0.4, -0.2) is 32.0 Å². The van der Waals surface area contributed by atoms with Gasteiger partial charge in [0.1, 0.15) is 45.3 Å². The van der Waals surface area contributed by atoms with Crippen LogP contribution in [0.1, 0.15) is 66.0 Å². The average molecular weight is 414 g/mol. The lowest BCUT2D eigenvalue weighted by Crippen LogP contribution is -2.11. The zero-order valence-corrected chi connectivity index (χ0v) is 17.9. The Balaban J connectivity index is 2.57. The van der Waals surface area contributed by atoms with Crippen LogP contribution < -0.4 is 0 Å². The number of phenols is 4. The van der Waals surface area contributed by atoms with Crippen LogP contribution in [0.15, 0.2) is 4.42 Å². The van der Waals surface area contributed by atoms with Crippen LogP contribution in [0.4, 0.5) is 0 Å². The monoisotopic (exact) mass is 414 g/mol. The smallest absolute Gasteiger partial charge is 0.173 e. The van der Waals surface area contributed by atoms with Gasteiger partial charge in [-0.2, -0.15) is 0 Å². The molecule has 0 saturated heterocycles. The molecule has 0 aliphatic rings. The number of aromatic hydroxyl groups is 4. The van der Waals surface area contributed by atoms with Gasteiger partial charge in [-0.25, -0.2) is 0 Å². The van der Waals surface area contributed by atoms with Crippen LogP contribution in [0, 0.1) is 25.7 Å². The van der Waals surface area contributed by atoms with Crippen molar-refractivity contribution in [2.45, 2.75) is 48.0 Å². The largest absolute Gasteiger partial charge is 0.507 e. The van der Waals surface area contributed by atoms with E-state index < -0.39 is 46.4 Å². The third-order valence-electron chi connectivity index (χ3n) is 5.80. The standard InChI is InChI=1S/C23H26O7/c1-7-9(4)17(25)15-19(27)11(6)23-13(21(15)29)12-20(28)14(16(24)8(2)3)18(26)10(5)22(12)30-23/h8-9,26-29H,7H2,1-6H3/t9-/m0/s1. The van der Waals surface area contributed by atoms with E-state index in [1.807, 2.05) is 6.92 Å². The highest BCUT2D eigenvalue weighted by molar-refractivity contribution is 6.21. The van der Waals surface area contributed by atoms with Crippen molar-refractivity contribution in [3.8, 4) is 23.0 Å². The Morgan fingerprint density at radius 1 is 0.767 bits per heavy atom. The van der Waals surface area contributed by atoms with Gasteiger partial charge in [-0.05, 0) is 20.3 Å². The molecule has 3 aromatic rings. The quantitative estimate of drug-likeness (QED) is 0.428. The first-order chi connectivity index (χ1) is 13.9. The molecule has 3 rings (SSSR count). The van der Waals surface area contributed by atoms with E-state index in [4.69, 9.17) is 4.42 Å². The predicted molar refractivity (Wildman–Crippen MR) is 113 cm³/mol. The van der Waals surface area contributed by atoms with E-state index in [0.717, 1.165) is 0 Å². The second kappa shape index (κ2) is 7.23. The van der Waals surface area contributed by atoms with Crippen LogP contribution in [0.3, 0.4) is 0 Å². The number of rotatable bonds is 5. The van der Waals surface area contributed by atoms with Gasteiger partial charge in [0.25, 0.3) is 0 Å². The number of hydrogen-bond donors (Lipinski definition) is 4. The maximum absolute atomic E-state index is 12.8. The third-order valence-corrected chi connectivity index (χ3v) is 5.80. The molecule has 30 heavy (non-hydrogen) atoms. The number of aryl methyl sites for hydroxylation is 2. The average Bonchev–Trinajstić information content (AvgIpc) is 3.11. The lowest BCUT2D eigenvalue weighted by Gasteiger charge is -2.14. The fraction of sp³-hybridized carbons (Fsp3) is 0.391. The van der Waals surface area contributed by atoms with Gasteiger partial charge in [-0.1, -0.05) is 27.7 Å². The van der Waals surface area contributed by atoms with Crippen molar-refractivity contribution in [2.75, 3.05) is 0 Å². The van der Waals surface area contributed by atoms with E-state index >= 15 is 0 Å². The number of ketones is 2. The van der Waals surface area contributed by atoms with Crippen molar-refractivity contribution in [3.05, 3.63) is 22.3 Å². The van der Waals surface area contributed by atoms with Gasteiger partial charge >= 0.3 is 0 Å². The number of fused-ring (bicyclic) bond motifs is 3. The Morgan fingerprint density at radius 3 is 1.53 bits per heavy atom. The molecular formula is C23H26O7. The second-order valence-electron chi connectivity index (χ2n) is 8.10. The number of phenolic OH excluding ortho intramolecular Hbond substituents is 4. The van der Waals surface area contributed by atoms with E-state index in [0.29, 0.717) is 6.42 Å². The highest BCUT2D eigenvalue weighted by Crippen LogP contribution is 2.51. The van der Waals surface area contributed by atoms with E-state index in [-0.39, 0.29) is 44.2 Å². The van der Waals surface area contributed by atoms with Crippen molar-refractivity contribution >= 4 is 33.5 Å². The van der Waals surface area contributed by atoms with E-state index in [2.05, 4.69) is 0 Å². The van der Waals surface area contributed by atoms with Crippen molar-refractivity contribution in [3.63, 3.8) is 0 Å². The first kappa shape index (κ1) is 21.5.